The zero-order chi connectivity index (χ0) is 23.4. The van der Waals surface area contributed by atoms with Gasteiger partial charge in [-0.2, -0.15) is 4.98 Å². The molecule has 2 aromatic carbocycles. The van der Waals surface area contributed by atoms with Crippen LogP contribution >= 0.6 is 24.8 Å². The standard InChI is InChI=1S/C26H30N4O3.2ClH/c1-3-29-10-11-30(23(17-29)26(31)32)24-8-5-9-25(28-24)33-22-13-18(2)12-21(15-22)20-7-4-6-19(14-20)16-27;;/h4-9,12-15,23H,3,10-11,16-17,27H2,1-2H3,(H,31,32);2*1H. The van der Waals surface area contributed by atoms with E-state index >= 15 is 0 Å². The van der Waals surface area contributed by atoms with Gasteiger partial charge in [-0.1, -0.05) is 37.3 Å². The smallest absolute Gasteiger partial charge is 0.327 e. The molecule has 7 nitrogen and oxygen atoms in total. The Hall–Kier alpha value is -2.84. The summed E-state index contributed by atoms with van der Waals surface area (Å²) in [5, 5.41) is 9.76. The second-order valence-electron chi connectivity index (χ2n) is 8.32. The molecule has 188 valence electrons. The lowest BCUT2D eigenvalue weighted by atomic mass is 10.0. The normalized spacial score (nSPS) is 15.6. The van der Waals surface area contributed by atoms with Crippen LogP contribution in [0.15, 0.2) is 60.7 Å². The van der Waals surface area contributed by atoms with Crippen molar-refractivity contribution in [2.45, 2.75) is 26.4 Å². The van der Waals surface area contributed by atoms with Gasteiger partial charge in [0.15, 0.2) is 0 Å². The van der Waals surface area contributed by atoms with Crippen molar-refractivity contribution in [3.8, 4) is 22.8 Å². The Morgan fingerprint density at radius 3 is 2.57 bits per heavy atom. The lowest BCUT2D eigenvalue weighted by molar-refractivity contribution is -0.139. The third-order valence-corrected chi connectivity index (χ3v) is 5.97. The molecule has 3 aromatic rings. The molecule has 1 aliphatic heterocycles. The summed E-state index contributed by atoms with van der Waals surface area (Å²) in [4.78, 5) is 20.5. The van der Waals surface area contributed by atoms with E-state index in [0.29, 0.717) is 37.1 Å². The predicted molar refractivity (Wildman–Crippen MR) is 144 cm³/mol. The molecule has 4 rings (SSSR count). The predicted octanol–water partition coefficient (Wildman–Crippen LogP) is 4.75. The number of aromatic nitrogens is 1. The van der Waals surface area contributed by atoms with Gasteiger partial charge in [0.2, 0.25) is 5.88 Å². The first-order chi connectivity index (χ1) is 16.0. The number of likely N-dealkylation sites (N-methyl/N-ethyl adjacent to an activating group) is 1. The van der Waals surface area contributed by atoms with Gasteiger partial charge in [0.1, 0.15) is 17.6 Å². The van der Waals surface area contributed by atoms with E-state index in [4.69, 9.17) is 10.5 Å². The van der Waals surface area contributed by atoms with Gasteiger partial charge in [-0.05, 0) is 60.0 Å². The van der Waals surface area contributed by atoms with Crippen molar-refractivity contribution in [2.75, 3.05) is 31.1 Å². The highest BCUT2D eigenvalue weighted by molar-refractivity contribution is 5.85. The highest BCUT2D eigenvalue weighted by Gasteiger charge is 2.32. The fraction of sp³-hybridized carbons (Fsp3) is 0.308. The second kappa shape index (κ2) is 12.7. The van der Waals surface area contributed by atoms with Crippen LogP contribution in [0.4, 0.5) is 5.82 Å². The average Bonchev–Trinajstić information content (AvgIpc) is 2.83. The lowest BCUT2D eigenvalue weighted by Gasteiger charge is -2.39. The summed E-state index contributed by atoms with van der Waals surface area (Å²) in [5.41, 5.74) is 10.1. The van der Waals surface area contributed by atoms with E-state index in [1.807, 2.05) is 55.1 Å². The number of carboxylic acids is 1. The summed E-state index contributed by atoms with van der Waals surface area (Å²) in [6.07, 6.45) is 0. The minimum Gasteiger partial charge on any atom is -0.480 e. The van der Waals surface area contributed by atoms with Crippen LogP contribution in [0.5, 0.6) is 11.6 Å². The first-order valence-electron chi connectivity index (χ1n) is 11.2. The Bertz CT molecular complexity index is 1150. The minimum absolute atomic E-state index is 0. The van der Waals surface area contributed by atoms with E-state index in [0.717, 1.165) is 35.3 Å². The van der Waals surface area contributed by atoms with Crippen molar-refractivity contribution in [3.05, 3.63) is 71.8 Å². The number of carboxylic acid groups (broad SMARTS) is 1. The van der Waals surface area contributed by atoms with E-state index in [2.05, 4.69) is 28.1 Å². The van der Waals surface area contributed by atoms with Crippen molar-refractivity contribution in [1.82, 2.24) is 9.88 Å². The molecule has 9 heteroatoms. The maximum atomic E-state index is 11.9. The zero-order valence-corrected chi connectivity index (χ0v) is 21.5. The molecule has 3 N–H and O–H groups in total. The number of benzene rings is 2. The first kappa shape index (κ1) is 28.4. The van der Waals surface area contributed by atoms with E-state index in [1.165, 1.54) is 0 Å². The number of hydrogen-bond donors (Lipinski definition) is 2. The number of halogens is 2. The van der Waals surface area contributed by atoms with Gasteiger partial charge >= 0.3 is 5.97 Å². The molecule has 0 aliphatic carbocycles. The molecule has 0 saturated carbocycles. The second-order valence-corrected chi connectivity index (χ2v) is 8.32. The van der Waals surface area contributed by atoms with Crippen LogP contribution in [0, 0.1) is 6.92 Å². The number of carbonyl (C=O) groups is 1. The third kappa shape index (κ3) is 6.86. The molecular formula is C26H32Cl2N4O3. The molecule has 1 aliphatic rings. The Labute approximate surface area is 218 Å². The van der Waals surface area contributed by atoms with Gasteiger partial charge in [0, 0.05) is 32.2 Å². The molecule has 1 fully saturated rings. The molecule has 0 amide bonds. The van der Waals surface area contributed by atoms with Gasteiger partial charge in [-0.3, -0.25) is 4.90 Å². The average molecular weight is 519 g/mol. The fourth-order valence-electron chi connectivity index (χ4n) is 4.21. The van der Waals surface area contributed by atoms with Crippen LogP contribution in [0.2, 0.25) is 0 Å². The molecule has 0 bridgehead atoms. The maximum Gasteiger partial charge on any atom is 0.327 e. The molecule has 1 aromatic heterocycles. The van der Waals surface area contributed by atoms with Gasteiger partial charge in [-0.25, -0.2) is 4.79 Å². The quantitative estimate of drug-likeness (QED) is 0.466. The lowest BCUT2D eigenvalue weighted by Crippen LogP contribution is -2.56. The summed E-state index contributed by atoms with van der Waals surface area (Å²) in [5.74, 6) is 0.878. The molecular weight excluding hydrogens is 487 g/mol. The van der Waals surface area contributed by atoms with Crippen LogP contribution in [0.25, 0.3) is 11.1 Å². The minimum atomic E-state index is -0.843. The number of aryl methyl sites for hydroxylation is 1. The van der Waals surface area contributed by atoms with E-state index < -0.39 is 12.0 Å². The molecule has 35 heavy (non-hydrogen) atoms. The summed E-state index contributed by atoms with van der Waals surface area (Å²) in [7, 11) is 0. The van der Waals surface area contributed by atoms with Crippen LogP contribution in [0.1, 0.15) is 18.1 Å². The summed E-state index contributed by atoms with van der Waals surface area (Å²) >= 11 is 0. The van der Waals surface area contributed by atoms with Crippen molar-refractivity contribution in [2.24, 2.45) is 5.73 Å². The number of rotatable bonds is 7. The van der Waals surface area contributed by atoms with Crippen molar-refractivity contribution in [1.29, 1.82) is 0 Å². The highest BCUT2D eigenvalue weighted by atomic mass is 35.5. The molecule has 0 spiro atoms. The highest BCUT2D eigenvalue weighted by Crippen LogP contribution is 2.30. The van der Waals surface area contributed by atoms with Gasteiger partial charge in [-0.15, -0.1) is 24.8 Å². The number of aliphatic carboxylic acids is 1. The number of nitrogens with two attached hydrogens (primary N) is 1. The topological polar surface area (TPSA) is 91.9 Å². The monoisotopic (exact) mass is 518 g/mol. The number of nitrogens with zero attached hydrogens (tertiary/aromatic N) is 3. The first-order valence-corrected chi connectivity index (χ1v) is 11.2. The SMILES string of the molecule is CCN1CCN(c2cccc(Oc3cc(C)cc(-c4cccc(CN)c4)c3)n2)C(C(=O)O)C1.Cl.Cl. The maximum absolute atomic E-state index is 11.9. The van der Waals surface area contributed by atoms with Crippen LogP contribution in [-0.2, 0) is 11.3 Å². The van der Waals surface area contributed by atoms with Crippen LogP contribution in [-0.4, -0.2) is 53.2 Å². The van der Waals surface area contributed by atoms with Crippen LogP contribution in [0.3, 0.4) is 0 Å². The largest absolute Gasteiger partial charge is 0.480 e. The number of ether oxygens (including phenoxy) is 1. The zero-order valence-electron chi connectivity index (χ0n) is 19.9. The molecule has 1 atom stereocenters. The fourth-order valence-corrected chi connectivity index (χ4v) is 4.21. The van der Waals surface area contributed by atoms with E-state index in [-0.39, 0.29) is 24.8 Å². The Morgan fingerprint density at radius 2 is 1.86 bits per heavy atom. The van der Waals surface area contributed by atoms with Gasteiger partial charge in [0.05, 0.1) is 0 Å². The van der Waals surface area contributed by atoms with Crippen LogP contribution < -0.4 is 15.4 Å². The van der Waals surface area contributed by atoms with E-state index in [9.17, 15) is 9.90 Å². The Kier molecular flexibility index (Phi) is 10.3. The summed E-state index contributed by atoms with van der Waals surface area (Å²) in [6, 6.07) is 19.0. The van der Waals surface area contributed by atoms with Gasteiger partial charge in [0.25, 0.3) is 0 Å². The number of anilines is 1. The van der Waals surface area contributed by atoms with Crippen molar-refractivity contribution < 1.29 is 14.6 Å². The summed E-state index contributed by atoms with van der Waals surface area (Å²) < 4.78 is 6.13. The van der Waals surface area contributed by atoms with Crippen molar-refractivity contribution in [3.63, 3.8) is 0 Å². The number of pyridine rings is 1. The van der Waals surface area contributed by atoms with Crippen molar-refractivity contribution >= 4 is 36.6 Å². The number of hydrogen-bond acceptors (Lipinski definition) is 6. The third-order valence-electron chi connectivity index (χ3n) is 5.97. The number of piperazine rings is 1. The molecule has 1 saturated heterocycles. The molecule has 0 radical (unpaired) electrons. The Morgan fingerprint density at radius 1 is 1.09 bits per heavy atom. The van der Waals surface area contributed by atoms with E-state index in [1.54, 1.807) is 6.07 Å². The summed E-state index contributed by atoms with van der Waals surface area (Å²) in [6.45, 7) is 7.27. The van der Waals surface area contributed by atoms with Gasteiger partial charge < -0.3 is 20.5 Å². The molecule has 1 unspecified atom stereocenters. The Balaban J connectivity index is 0.00000216. The molecule has 2 heterocycles.